The minimum atomic E-state index is -3.75. The van der Waals surface area contributed by atoms with E-state index in [0.29, 0.717) is 13.2 Å². The number of hydrogen-bond acceptors (Lipinski definition) is 4. The van der Waals surface area contributed by atoms with Gasteiger partial charge in [-0.1, -0.05) is 0 Å². The van der Waals surface area contributed by atoms with Gasteiger partial charge in [-0.3, -0.25) is 0 Å². The van der Waals surface area contributed by atoms with Crippen molar-refractivity contribution in [3.05, 3.63) is 23.5 Å². The number of nitrogens with zero attached hydrogens (tertiary/aromatic N) is 1. The normalized spacial score (nSPS) is 21.5. The smallest absolute Gasteiger partial charge is 0.243 e. The third-order valence-corrected chi connectivity index (χ3v) is 5.35. The van der Waals surface area contributed by atoms with E-state index in [1.54, 1.807) is 6.92 Å². The molecular formula is C12H17FN2O3S. The van der Waals surface area contributed by atoms with Gasteiger partial charge >= 0.3 is 0 Å². The van der Waals surface area contributed by atoms with Crippen LogP contribution in [0.3, 0.4) is 0 Å². The molecular weight excluding hydrogens is 271 g/mol. The van der Waals surface area contributed by atoms with Crippen molar-refractivity contribution in [1.82, 2.24) is 4.31 Å². The van der Waals surface area contributed by atoms with Crippen LogP contribution in [0.25, 0.3) is 0 Å². The molecule has 106 valence electrons. The quantitative estimate of drug-likeness (QED) is 0.828. The van der Waals surface area contributed by atoms with E-state index in [-0.39, 0.29) is 28.7 Å². The second-order valence-electron chi connectivity index (χ2n) is 4.67. The topological polar surface area (TPSA) is 72.6 Å². The van der Waals surface area contributed by atoms with Gasteiger partial charge in [-0.2, -0.15) is 4.31 Å². The lowest BCUT2D eigenvalue weighted by Crippen LogP contribution is -2.47. The Morgan fingerprint density at radius 1 is 1.47 bits per heavy atom. The summed E-state index contributed by atoms with van der Waals surface area (Å²) in [6, 6.07) is 2.15. The number of morpholine rings is 1. The van der Waals surface area contributed by atoms with E-state index in [1.807, 2.05) is 0 Å². The minimum absolute atomic E-state index is 0.0706. The number of ether oxygens (including phenoxy) is 1. The number of hydrogen-bond donors (Lipinski definition) is 1. The highest BCUT2D eigenvalue weighted by molar-refractivity contribution is 7.89. The summed E-state index contributed by atoms with van der Waals surface area (Å²) < 4.78 is 45.3. The number of halogens is 1. The molecule has 0 spiro atoms. The van der Waals surface area contributed by atoms with Gasteiger partial charge in [-0.15, -0.1) is 0 Å². The van der Waals surface area contributed by atoms with Crippen molar-refractivity contribution in [3.63, 3.8) is 0 Å². The van der Waals surface area contributed by atoms with Crippen LogP contribution < -0.4 is 5.73 Å². The molecule has 1 aliphatic heterocycles. The Kier molecular flexibility index (Phi) is 3.80. The van der Waals surface area contributed by atoms with E-state index in [1.165, 1.54) is 17.3 Å². The van der Waals surface area contributed by atoms with Gasteiger partial charge < -0.3 is 10.5 Å². The molecule has 0 bridgehead atoms. The third kappa shape index (κ3) is 2.58. The molecule has 7 heteroatoms. The Hall–Kier alpha value is -1.18. The molecule has 0 saturated carbocycles. The van der Waals surface area contributed by atoms with E-state index in [2.05, 4.69) is 0 Å². The van der Waals surface area contributed by atoms with Crippen LogP contribution in [0.2, 0.25) is 0 Å². The first-order valence-corrected chi connectivity index (χ1v) is 7.43. The highest BCUT2D eigenvalue weighted by atomic mass is 32.2. The molecule has 0 unspecified atom stereocenters. The third-order valence-electron chi connectivity index (χ3n) is 3.21. The SMILES string of the molecule is Cc1c(F)cc(N)cc1S(=O)(=O)N1CCOC[C@H]1C. The van der Waals surface area contributed by atoms with E-state index in [9.17, 15) is 12.8 Å². The average Bonchev–Trinajstić information content (AvgIpc) is 2.34. The Bertz CT molecular complexity index is 589. The first-order chi connectivity index (χ1) is 8.84. The van der Waals surface area contributed by atoms with Crippen LogP contribution in [0.4, 0.5) is 10.1 Å². The zero-order chi connectivity index (χ0) is 14.2. The summed E-state index contributed by atoms with van der Waals surface area (Å²) in [4.78, 5) is -0.0706. The summed E-state index contributed by atoms with van der Waals surface area (Å²) in [6.45, 7) is 4.14. The molecule has 1 atom stereocenters. The van der Waals surface area contributed by atoms with Crippen LogP contribution in [0.5, 0.6) is 0 Å². The maximum Gasteiger partial charge on any atom is 0.243 e. The van der Waals surface area contributed by atoms with Crippen LogP contribution in [0.15, 0.2) is 17.0 Å². The molecule has 0 aromatic heterocycles. The van der Waals surface area contributed by atoms with Crippen LogP contribution in [-0.2, 0) is 14.8 Å². The van der Waals surface area contributed by atoms with E-state index < -0.39 is 15.8 Å². The summed E-state index contributed by atoms with van der Waals surface area (Å²) in [5, 5.41) is 0. The van der Waals surface area contributed by atoms with Crippen molar-refractivity contribution in [1.29, 1.82) is 0 Å². The fourth-order valence-corrected chi connectivity index (χ4v) is 4.01. The van der Waals surface area contributed by atoms with Crippen LogP contribution >= 0.6 is 0 Å². The maximum absolute atomic E-state index is 13.6. The van der Waals surface area contributed by atoms with Crippen molar-refractivity contribution in [2.75, 3.05) is 25.5 Å². The van der Waals surface area contributed by atoms with Crippen molar-refractivity contribution in [2.24, 2.45) is 0 Å². The summed E-state index contributed by atoms with van der Waals surface area (Å²) in [6.07, 6.45) is 0. The van der Waals surface area contributed by atoms with Crippen LogP contribution in [0, 0.1) is 12.7 Å². The molecule has 1 fully saturated rings. The van der Waals surface area contributed by atoms with Gasteiger partial charge in [0.25, 0.3) is 0 Å². The Morgan fingerprint density at radius 3 is 2.79 bits per heavy atom. The Morgan fingerprint density at radius 2 is 2.16 bits per heavy atom. The molecule has 1 aromatic rings. The molecule has 2 N–H and O–H groups in total. The van der Waals surface area contributed by atoms with Crippen molar-refractivity contribution in [3.8, 4) is 0 Å². The molecule has 1 saturated heterocycles. The maximum atomic E-state index is 13.6. The lowest BCUT2D eigenvalue weighted by atomic mass is 10.2. The zero-order valence-corrected chi connectivity index (χ0v) is 11.7. The highest BCUT2D eigenvalue weighted by Gasteiger charge is 2.33. The number of rotatable bonds is 2. The molecule has 1 aromatic carbocycles. The predicted molar refractivity (Wildman–Crippen MR) is 69.7 cm³/mol. The first kappa shape index (κ1) is 14.2. The van der Waals surface area contributed by atoms with Gasteiger partial charge in [0.1, 0.15) is 5.82 Å². The number of sulfonamides is 1. The molecule has 1 aliphatic rings. The van der Waals surface area contributed by atoms with Crippen molar-refractivity contribution < 1.29 is 17.5 Å². The van der Waals surface area contributed by atoms with Crippen molar-refractivity contribution in [2.45, 2.75) is 24.8 Å². The van der Waals surface area contributed by atoms with Gasteiger partial charge in [0.05, 0.1) is 18.1 Å². The van der Waals surface area contributed by atoms with Crippen LogP contribution in [0.1, 0.15) is 12.5 Å². The summed E-state index contributed by atoms with van der Waals surface area (Å²) >= 11 is 0. The molecule has 19 heavy (non-hydrogen) atoms. The molecule has 0 amide bonds. The molecule has 1 heterocycles. The van der Waals surface area contributed by atoms with Gasteiger partial charge in [0.15, 0.2) is 0 Å². The van der Waals surface area contributed by atoms with Gasteiger partial charge in [-0.05, 0) is 26.0 Å². The molecule has 5 nitrogen and oxygen atoms in total. The number of anilines is 1. The Labute approximate surface area is 112 Å². The standard InChI is InChI=1S/C12H17FN2O3S/c1-8-7-18-4-3-15(8)19(16,17)12-6-10(14)5-11(13)9(12)2/h5-6,8H,3-4,7,14H2,1-2H3/t8-/m1/s1. The lowest BCUT2D eigenvalue weighted by Gasteiger charge is -2.32. The van der Waals surface area contributed by atoms with Crippen molar-refractivity contribution >= 4 is 15.7 Å². The summed E-state index contributed by atoms with van der Waals surface area (Å²) in [7, 11) is -3.75. The van der Waals surface area contributed by atoms with Gasteiger partial charge in [0.2, 0.25) is 10.0 Å². The van der Waals surface area contributed by atoms with E-state index in [0.717, 1.165) is 6.07 Å². The van der Waals surface area contributed by atoms with Gasteiger partial charge in [0, 0.05) is 23.8 Å². The lowest BCUT2D eigenvalue weighted by molar-refractivity contribution is 0.0392. The van der Waals surface area contributed by atoms with Gasteiger partial charge in [-0.25, -0.2) is 12.8 Å². The average molecular weight is 288 g/mol. The highest BCUT2D eigenvalue weighted by Crippen LogP contribution is 2.27. The molecule has 2 rings (SSSR count). The largest absolute Gasteiger partial charge is 0.399 e. The predicted octanol–water partition coefficient (Wildman–Crippen LogP) is 1.13. The zero-order valence-electron chi connectivity index (χ0n) is 10.9. The molecule has 0 aliphatic carbocycles. The van der Waals surface area contributed by atoms with E-state index >= 15 is 0 Å². The number of benzene rings is 1. The summed E-state index contributed by atoms with van der Waals surface area (Å²) in [5.41, 5.74) is 5.73. The second kappa shape index (κ2) is 5.07. The van der Waals surface area contributed by atoms with E-state index in [4.69, 9.17) is 10.5 Å². The fraction of sp³-hybridized carbons (Fsp3) is 0.500. The number of nitrogens with two attached hydrogens (primary N) is 1. The monoisotopic (exact) mass is 288 g/mol. The number of nitrogen functional groups attached to an aromatic ring is 1. The second-order valence-corrected chi connectivity index (χ2v) is 6.52. The fourth-order valence-electron chi connectivity index (χ4n) is 2.14. The van der Waals surface area contributed by atoms with Crippen LogP contribution in [-0.4, -0.2) is 38.5 Å². The first-order valence-electron chi connectivity index (χ1n) is 5.99. The minimum Gasteiger partial charge on any atom is -0.399 e. The Balaban J connectivity index is 2.50. The summed E-state index contributed by atoms with van der Waals surface area (Å²) in [5.74, 6) is -0.612. The molecule has 0 radical (unpaired) electrons.